The van der Waals surface area contributed by atoms with E-state index < -0.39 is 0 Å². The lowest BCUT2D eigenvalue weighted by atomic mass is 9.70. The lowest BCUT2D eigenvalue weighted by Gasteiger charge is -2.50. The van der Waals surface area contributed by atoms with Gasteiger partial charge in [-0.1, -0.05) is 5.21 Å². The second-order valence-corrected chi connectivity index (χ2v) is 6.93. The van der Waals surface area contributed by atoms with E-state index in [-0.39, 0.29) is 17.9 Å². The first-order chi connectivity index (χ1) is 11.6. The van der Waals surface area contributed by atoms with Gasteiger partial charge < -0.3 is 15.3 Å². The molecule has 0 radical (unpaired) electrons. The van der Waals surface area contributed by atoms with Crippen LogP contribution in [0, 0.1) is 5.41 Å². The number of likely N-dealkylation sites (tertiary alicyclic amines) is 1. The lowest BCUT2D eigenvalue weighted by Crippen LogP contribution is -2.62. The van der Waals surface area contributed by atoms with Crippen LogP contribution in [0.5, 0.6) is 0 Å². The molecule has 128 valence electrons. The minimum absolute atomic E-state index is 0.0492. The van der Waals surface area contributed by atoms with Crippen LogP contribution < -0.4 is 5.32 Å². The molecule has 0 saturated carbocycles. The van der Waals surface area contributed by atoms with Gasteiger partial charge in [0, 0.05) is 37.8 Å². The summed E-state index contributed by atoms with van der Waals surface area (Å²) >= 11 is 0. The number of fused-ring (bicyclic) bond motifs is 2. The first kappa shape index (κ1) is 15.5. The molecule has 2 fully saturated rings. The van der Waals surface area contributed by atoms with E-state index >= 15 is 0 Å². The Hall–Kier alpha value is -2.06. The predicted molar refractivity (Wildman–Crippen MR) is 87.4 cm³/mol. The van der Waals surface area contributed by atoms with Gasteiger partial charge in [0.2, 0.25) is 0 Å². The van der Waals surface area contributed by atoms with Crippen LogP contribution in [0.25, 0.3) is 11.2 Å². The molecule has 2 saturated heterocycles. The van der Waals surface area contributed by atoms with Crippen molar-refractivity contribution >= 4 is 17.1 Å². The Morgan fingerprint density at radius 3 is 3.25 bits per heavy atom. The van der Waals surface area contributed by atoms with Crippen LogP contribution in [-0.4, -0.2) is 68.2 Å². The number of amides is 1. The van der Waals surface area contributed by atoms with Crippen LogP contribution in [0.1, 0.15) is 29.6 Å². The van der Waals surface area contributed by atoms with Gasteiger partial charge in [-0.15, -0.1) is 5.10 Å². The summed E-state index contributed by atoms with van der Waals surface area (Å²) in [4.78, 5) is 19.1. The smallest absolute Gasteiger partial charge is 0.255 e. The topological polar surface area (TPSA) is 96.2 Å². The highest BCUT2D eigenvalue weighted by Crippen LogP contribution is 2.37. The number of aliphatic hydroxyl groups is 1. The molecule has 0 unspecified atom stereocenters. The zero-order chi connectivity index (χ0) is 16.7. The predicted octanol–water partition coefficient (Wildman–Crippen LogP) is -0.0601. The number of nitrogens with one attached hydrogen (secondary N) is 1. The summed E-state index contributed by atoms with van der Waals surface area (Å²) in [5.41, 5.74) is 1.58. The minimum Gasteiger partial charge on any atom is -0.396 e. The standard InChI is InChI=1S/C16H22N6O2/c1-21-14-12(19-20-21)7-11(8-18-14)15(24)22-6-3-13-16(9-22,10-23)4-2-5-17-13/h7-8,13,17,23H,2-6,9-10H2,1H3/t13-,16-/m0/s1. The van der Waals surface area contributed by atoms with Crippen LogP contribution in [0.4, 0.5) is 0 Å². The van der Waals surface area contributed by atoms with E-state index in [4.69, 9.17) is 0 Å². The molecule has 1 amide bonds. The molecule has 2 aliphatic rings. The highest BCUT2D eigenvalue weighted by atomic mass is 16.3. The maximum atomic E-state index is 12.9. The highest BCUT2D eigenvalue weighted by Gasteiger charge is 2.45. The molecule has 0 aliphatic carbocycles. The highest BCUT2D eigenvalue weighted by molar-refractivity contribution is 5.96. The quantitative estimate of drug-likeness (QED) is 0.801. The number of carbonyl (C=O) groups excluding carboxylic acids is 1. The average molecular weight is 330 g/mol. The van der Waals surface area contributed by atoms with Crippen molar-refractivity contribution in [1.29, 1.82) is 0 Å². The molecule has 0 aromatic carbocycles. The fourth-order valence-corrected chi connectivity index (χ4v) is 4.09. The van der Waals surface area contributed by atoms with Gasteiger partial charge in [-0.25, -0.2) is 9.67 Å². The number of hydrogen-bond acceptors (Lipinski definition) is 6. The van der Waals surface area contributed by atoms with Gasteiger partial charge >= 0.3 is 0 Å². The van der Waals surface area contributed by atoms with Gasteiger partial charge in [0.25, 0.3) is 5.91 Å². The van der Waals surface area contributed by atoms with Crippen LogP contribution >= 0.6 is 0 Å². The van der Waals surface area contributed by atoms with E-state index in [0.29, 0.717) is 35.9 Å². The van der Waals surface area contributed by atoms with E-state index in [1.165, 1.54) is 0 Å². The molecule has 4 rings (SSSR count). The van der Waals surface area contributed by atoms with Gasteiger partial charge in [0.05, 0.1) is 12.2 Å². The Balaban J connectivity index is 1.59. The average Bonchev–Trinajstić information content (AvgIpc) is 3.01. The summed E-state index contributed by atoms with van der Waals surface area (Å²) in [7, 11) is 1.77. The molecule has 2 aromatic rings. The van der Waals surface area contributed by atoms with E-state index in [2.05, 4.69) is 20.6 Å². The summed E-state index contributed by atoms with van der Waals surface area (Å²) in [6.45, 7) is 2.37. The van der Waals surface area contributed by atoms with E-state index in [1.807, 2.05) is 4.90 Å². The summed E-state index contributed by atoms with van der Waals surface area (Å²) in [6.07, 6.45) is 4.44. The molecule has 2 N–H and O–H groups in total. The number of rotatable bonds is 2. The van der Waals surface area contributed by atoms with Crippen molar-refractivity contribution in [2.24, 2.45) is 12.5 Å². The van der Waals surface area contributed by atoms with E-state index in [9.17, 15) is 9.90 Å². The molecule has 0 spiro atoms. The second kappa shape index (κ2) is 5.78. The minimum atomic E-state index is -0.226. The number of aliphatic hydroxyl groups excluding tert-OH is 1. The van der Waals surface area contributed by atoms with Gasteiger partial charge in [-0.05, 0) is 31.9 Å². The van der Waals surface area contributed by atoms with Crippen molar-refractivity contribution in [3.63, 3.8) is 0 Å². The van der Waals surface area contributed by atoms with Crippen molar-refractivity contribution < 1.29 is 9.90 Å². The Morgan fingerprint density at radius 1 is 1.54 bits per heavy atom. The van der Waals surface area contributed by atoms with Crippen LogP contribution in [0.2, 0.25) is 0 Å². The van der Waals surface area contributed by atoms with Gasteiger partial charge in [0.15, 0.2) is 5.65 Å². The number of hydrogen-bond donors (Lipinski definition) is 2. The summed E-state index contributed by atoms with van der Waals surface area (Å²) in [5, 5.41) is 21.4. The Kier molecular flexibility index (Phi) is 3.73. The van der Waals surface area contributed by atoms with Crippen molar-refractivity contribution in [3.05, 3.63) is 17.8 Å². The van der Waals surface area contributed by atoms with Crippen molar-refractivity contribution in [3.8, 4) is 0 Å². The van der Waals surface area contributed by atoms with Crippen molar-refractivity contribution in [2.45, 2.75) is 25.3 Å². The Bertz CT molecular complexity index is 775. The number of aromatic nitrogens is 4. The summed E-state index contributed by atoms with van der Waals surface area (Å²) in [5.74, 6) is -0.0492. The van der Waals surface area contributed by atoms with E-state index in [1.54, 1.807) is 24.0 Å². The molecule has 8 nitrogen and oxygen atoms in total. The normalized spacial score (nSPS) is 27.2. The first-order valence-corrected chi connectivity index (χ1v) is 8.42. The van der Waals surface area contributed by atoms with E-state index in [0.717, 1.165) is 25.8 Å². The van der Waals surface area contributed by atoms with Crippen molar-refractivity contribution in [1.82, 2.24) is 30.2 Å². The van der Waals surface area contributed by atoms with Gasteiger partial charge in [0.1, 0.15) is 5.52 Å². The number of aryl methyl sites for hydroxylation is 1. The molecule has 4 heterocycles. The van der Waals surface area contributed by atoms with Gasteiger partial charge in [-0.3, -0.25) is 4.79 Å². The van der Waals surface area contributed by atoms with Gasteiger partial charge in [-0.2, -0.15) is 0 Å². The zero-order valence-electron chi connectivity index (χ0n) is 13.8. The van der Waals surface area contributed by atoms with Crippen molar-refractivity contribution in [2.75, 3.05) is 26.2 Å². The third-order valence-electron chi connectivity index (χ3n) is 5.46. The monoisotopic (exact) mass is 330 g/mol. The summed E-state index contributed by atoms with van der Waals surface area (Å²) < 4.78 is 1.59. The third kappa shape index (κ3) is 2.37. The third-order valence-corrected chi connectivity index (χ3v) is 5.46. The maximum absolute atomic E-state index is 12.9. The number of carbonyl (C=O) groups is 1. The largest absolute Gasteiger partial charge is 0.396 e. The Labute approximate surface area is 139 Å². The summed E-state index contributed by atoms with van der Waals surface area (Å²) in [6, 6.07) is 2.04. The first-order valence-electron chi connectivity index (χ1n) is 8.42. The molecular weight excluding hydrogens is 308 g/mol. The molecular formula is C16H22N6O2. The number of piperidine rings is 2. The second-order valence-electron chi connectivity index (χ2n) is 6.93. The zero-order valence-corrected chi connectivity index (χ0v) is 13.8. The fourth-order valence-electron chi connectivity index (χ4n) is 4.09. The number of nitrogens with zero attached hydrogens (tertiary/aromatic N) is 5. The SMILES string of the molecule is Cn1nnc2cc(C(=O)N3CC[C@@H]4NCCC[C@@]4(CO)C3)cnc21. The van der Waals surface area contributed by atoms with Crippen LogP contribution in [0.15, 0.2) is 12.3 Å². The molecule has 24 heavy (non-hydrogen) atoms. The maximum Gasteiger partial charge on any atom is 0.255 e. The molecule has 2 aliphatic heterocycles. The molecule has 0 bridgehead atoms. The molecule has 2 aromatic heterocycles. The number of pyridine rings is 1. The van der Waals surface area contributed by atoms with Crippen LogP contribution in [-0.2, 0) is 7.05 Å². The fraction of sp³-hybridized carbons (Fsp3) is 0.625. The lowest BCUT2D eigenvalue weighted by molar-refractivity contribution is -0.0137. The van der Waals surface area contributed by atoms with Crippen LogP contribution in [0.3, 0.4) is 0 Å². The molecule has 2 atom stereocenters. The Morgan fingerprint density at radius 2 is 2.42 bits per heavy atom. The molecule has 8 heteroatoms.